The van der Waals surface area contributed by atoms with Crippen LogP contribution >= 0.6 is 22.9 Å². The standard InChI is InChI=1S/C65H69F2IN12O9/c1-34(2)58(62(84)78-28-44(82)23-53(78)61(83)70-52(31-81)40-17-19-41(20-18-40)56-48(66)10-9-21-69-56)79-30-51(73-75-79)39-13-11-37(12-14-39)33-87-59-55(54-36(4)49(67)25-50-47(54)29-80(68)74-50)45(38-15-16-38)24-46-57(59)71-63(88-32-35(3)86-8)72-60(46)76-26-43-22-42(76)27-77(43)64(85)89-65(5,6)7/h9-14,17-21,24-25,29-30,35,38,42-44,52-53,81-82H,15-16,22-23,26-28,31-33H2,1-8H3,(H,70,83)/t35-,42-,43-,44+,52-,53-/m0/s1. The smallest absolute Gasteiger partial charge is 0.410 e. The molecule has 7 heterocycles. The predicted molar refractivity (Wildman–Crippen MR) is 337 cm³/mol. The van der Waals surface area contributed by atoms with Crippen LogP contribution in [0.3, 0.4) is 0 Å². The first kappa shape index (κ1) is 61.1. The summed E-state index contributed by atoms with van der Waals surface area (Å²) in [6, 6.07) is 18.5. The lowest BCUT2D eigenvalue weighted by Crippen LogP contribution is -2.50. The number of halogens is 3. The fourth-order valence-corrected chi connectivity index (χ4v) is 12.8. The lowest BCUT2D eigenvalue weighted by atomic mass is 9.88. The van der Waals surface area contributed by atoms with Crippen LogP contribution in [0.4, 0.5) is 19.4 Å². The number of fused-ring (bicyclic) bond motifs is 4. The maximum atomic E-state index is 16.4. The molecule has 0 spiro atoms. The highest BCUT2D eigenvalue weighted by atomic mass is 127. The Morgan fingerprint density at radius 3 is 2.30 bits per heavy atom. The van der Waals surface area contributed by atoms with E-state index in [-0.39, 0.29) is 73.8 Å². The highest BCUT2D eigenvalue weighted by Crippen LogP contribution is 2.54. The zero-order chi connectivity index (χ0) is 62.7. The van der Waals surface area contributed by atoms with Crippen LogP contribution in [0.25, 0.3) is 61.1 Å². The summed E-state index contributed by atoms with van der Waals surface area (Å²) < 4.78 is 58.8. The van der Waals surface area contributed by atoms with E-state index in [0.29, 0.717) is 80.3 Å². The van der Waals surface area contributed by atoms with Crippen molar-refractivity contribution in [2.45, 2.75) is 129 Å². The number of β-amino-alcohol motifs (C(OH)–C–C–N with tert-alkyl or cyclic N) is 1. The molecule has 21 nitrogen and oxygen atoms in total. The number of carbonyl (C=O) groups is 3. The second kappa shape index (κ2) is 24.6. The Balaban J connectivity index is 0.839. The molecule has 4 aliphatic rings. The van der Waals surface area contributed by atoms with E-state index in [2.05, 4.69) is 59.5 Å². The van der Waals surface area contributed by atoms with E-state index in [1.807, 2.05) is 63.1 Å². The summed E-state index contributed by atoms with van der Waals surface area (Å²) in [5.41, 5.74) is 6.87. The molecule has 4 aromatic carbocycles. The maximum absolute atomic E-state index is 16.4. The number of allylic oxidation sites excluding steroid dienone is 1. The summed E-state index contributed by atoms with van der Waals surface area (Å²) in [6.07, 6.45) is 5.85. The van der Waals surface area contributed by atoms with Crippen molar-refractivity contribution in [3.63, 3.8) is 0 Å². The first-order chi connectivity index (χ1) is 42.6. The number of pyridine rings is 1. The maximum Gasteiger partial charge on any atom is 0.410 e. The highest BCUT2D eigenvalue weighted by molar-refractivity contribution is 14.1. The van der Waals surface area contributed by atoms with E-state index < -0.39 is 53.8 Å². The molecular formula is C65H69F2IN12O9. The highest BCUT2D eigenvalue weighted by Gasteiger charge is 2.48. The van der Waals surface area contributed by atoms with Crippen LogP contribution in [0.5, 0.6) is 11.8 Å². The van der Waals surface area contributed by atoms with E-state index in [9.17, 15) is 29.0 Å². The fourth-order valence-electron chi connectivity index (χ4n) is 12.2. The number of hydrogen-bond acceptors (Lipinski definition) is 16. The Labute approximate surface area is 526 Å². The largest absolute Gasteiger partial charge is 0.486 e. The van der Waals surface area contributed by atoms with Gasteiger partial charge in [-0.2, -0.15) is 15.1 Å². The molecule has 1 aliphatic carbocycles. The molecule has 89 heavy (non-hydrogen) atoms. The summed E-state index contributed by atoms with van der Waals surface area (Å²) in [5.74, 6) is -0.851. The third-order valence-electron chi connectivity index (χ3n) is 16.9. The zero-order valence-electron chi connectivity index (χ0n) is 50.6. The average Bonchev–Trinajstić information content (AvgIpc) is 1.72. The van der Waals surface area contributed by atoms with Gasteiger partial charge in [-0.15, -0.1) is 5.10 Å². The number of aliphatic hydroxyl groups excluding tert-OH is 2. The number of ether oxygens (including phenoxy) is 4. The van der Waals surface area contributed by atoms with Gasteiger partial charge in [-0.3, -0.25) is 14.6 Å². The summed E-state index contributed by atoms with van der Waals surface area (Å²) in [5, 5.41) is 39.2. The number of nitrogens with zero attached hydrogens (tertiary/aromatic N) is 11. The van der Waals surface area contributed by atoms with Crippen LogP contribution in [-0.4, -0.2) is 152 Å². The Bertz CT molecular complexity index is 4070. The van der Waals surface area contributed by atoms with Crippen molar-refractivity contribution in [3.05, 3.63) is 131 Å². The van der Waals surface area contributed by atoms with Gasteiger partial charge in [0.05, 0.1) is 71.5 Å². The number of aliphatic hydroxyl groups is 2. The van der Waals surface area contributed by atoms with Crippen LogP contribution in [0.1, 0.15) is 101 Å². The number of piperazine rings is 1. The van der Waals surface area contributed by atoms with Gasteiger partial charge in [0.25, 0.3) is 5.91 Å². The molecule has 4 fully saturated rings. The number of benzene rings is 4. The number of amides is 3. The van der Waals surface area contributed by atoms with Crippen molar-refractivity contribution in [3.8, 4) is 45.4 Å². The van der Waals surface area contributed by atoms with E-state index in [1.54, 1.807) is 61.2 Å². The molecule has 3 aliphatic heterocycles. The molecule has 4 aromatic heterocycles. The normalized spacial score (nSPS) is 18.9. The molecule has 0 unspecified atom stereocenters. The van der Waals surface area contributed by atoms with E-state index in [4.69, 9.17) is 28.9 Å². The Kier molecular flexibility index (Phi) is 16.9. The molecule has 464 valence electrons. The minimum absolute atomic E-state index is 0.0418. The van der Waals surface area contributed by atoms with E-state index >= 15 is 4.39 Å². The lowest BCUT2D eigenvalue weighted by Gasteiger charge is -2.36. The number of methoxy groups -OCH3 is 1. The summed E-state index contributed by atoms with van der Waals surface area (Å²) >= 11 is 2.08. The predicted octanol–water partition coefficient (Wildman–Crippen LogP) is 9.88. The first-order valence-corrected chi connectivity index (χ1v) is 30.7. The molecule has 6 atom stereocenters. The third-order valence-corrected chi connectivity index (χ3v) is 17.4. The van der Waals surface area contributed by atoms with Gasteiger partial charge in [-0.05, 0) is 120 Å². The topological polar surface area (TPSA) is 238 Å². The zero-order valence-corrected chi connectivity index (χ0v) is 52.7. The molecular weight excluding hydrogens is 1260 g/mol. The Morgan fingerprint density at radius 1 is 0.876 bits per heavy atom. The van der Waals surface area contributed by atoms with Gasteiger partial charge in [-0.1, -0.05) is 53.7 Å². The minimum atomic E-state index is -1.09. The van der Waals surface area contributed by atoms with Gasteiger partial charge in [-0.25, -0.2) is 21.2 Å². The van der Waals surface area contributed by atoms with Gasteiger partial charge in [0.15, 0.2) is 5.75 Å². The van der Waals surface area contributed by atoms with Gasteiger partial charge >= 0.3 is 12.1 Å². The van der Waals surface area contributed by atoms with E-state index in [0.717, 1.165) is 41.2 Å². The average molecular weight is 1330 g/mol. The van der Waals surface area contributed by atoms with Gasteiger partial charge < -0.3 is 49.2 Å². The number of carbonyl (C=O) groups excluding carboxylic acids is 3. The molecule has 3 saturated heterocycles. The van der Waals surface area contributed by atoms with Crippen molar-refractivity contribution in [1.29, 1.82) is 0 Å². The molecule has 12 rings (SSSR count). The molecule has 2 bridgehead atoms. The van der Waals surface area contributed by atoms with Gasteiger partial charge in [0.2, 0.25) is 5.91 Å². The Morgan fingerprint density at radius 2 is 1.63 bits per heavy atom. The molecule has 3 N–H and O–H groups in total. The summed E-state index contributed by atoms with van der Waals surface area (Å²) in [4.78, 5) is 61.9. The number of aromatic nitrogens is 8. The van der Waals surface area contributed by atoms with Crippen LogP contribution in [-0.2, 0) is 25.7 Å². The molecule has 1 saturated carbocycles. The van der Waals surface area contributed by atoms with Crippen LogP contribution in [0, 0.1) is 18.6 Å². The van der Waals surface area contributed by atoms with Gasteiger partial charge in [0.1, 0.15) is 64.9 Å². The molecule has 3 amide bonds. The molecule has 24 heteroatoms. The van der Waals surface area contributed by atoms with Gasteiger partial charge in [0, 0.05) is 84.7 Å². The fraction of sp³-hybridized carbons (Fsp3) is 0.400. The Hall–Kier alpha value is -8.20. The minimum Gasteiger partial charge on any atom is -0.486 e. The van der Waals surface area contributed by atoms with Crippen molar-refractivity contribution in [1.82, 2.24) is 53.1 Å². The monoisotopic (exact) mass is 1330 g/mol. The van der Waals surface area contributed by atoms with Crippen molar-refractivity contribution >= 4 is 74.1 Å². The molecule has 8 aromatic rings. The van der Waals surface area contributed by atoms with Crippen LogP contribution in [0.2, 0.25) is 0 Å². The third kappa shape index (κ3) is 12.3. The van der Waals surface area contributed by atoms with Crippen LogP contribution < -0.4 is 19.7 Å². The number of hydrogen-bond donors (Lipinski definition) is 3. The number of anilines is 1. The summed E-state index contributed by atoms with van der Waals surface area (Å²) in [6.45, 7) is 13.3. The second-order valence-electron chi connectivity index (χ2n) is 24.6. The number of nitrogens with one attached hydrogen (secondary N) is 1. The van der Waals surface area contributed by atoms with E-state index in [1.165, 1.54) is 34.0 Å². The number of likely N-dealkylation sites (tertiary alicyclic amines) is 2. The van der Waals surface area contributed by atoms with Crippen molar-refractivity contribution in [2.24, 2.45) is 0 Å². The first-order valence-electron chi connectivity index (χ1n) is 29.7. The van der Waals surface area contributed by atoms with Crippen molar-refractivity contribution < 1.29 is 52.3 Å². The molecule has 0 radical (unpaired) electrons. The van der Waals surface area contributed by atoms with Crippen molar-refractivity contribution in [2.75, 3.05) is 44.9 Å². The lowest BCUT2D eigenvalue weighted by molar-refractivity contribution is -0.135. The number of rotatable bonds is 18. The quantitative estimate of drug-likeness (QED) is 0.0535. The summed E-state index contributed by atoms with van der Waals surface area (Å²) in [7, 11) is 1.61. The second-order valence-corrected chi connectivity index (χ2v) is 25.6. The SMILES string of the molecule is CO[C@@H](C)COc1nc(N2C[C@@H]3C[C@H]2CN3C(=O)OC(C)(C)C)c2cc(C3CC3)c(-c3c(C)c(F)cc4nn(I)cc34)c(OCc3ccc(-c4cn(C(C(=O)N5C[C@H](O)C[C@H]5C(=O)N[C@@H](CO)c5ccc(-c6ncccc6F)cc5)=C(C)C)nn4)cc3)c2n1. The van der Waals surface area contributed by atoms with Crippen LogP contribution in [0.15, 0.2) is 97.0 Å².